The van der Waals surface area contributed by atoms with Crippen molar-refractivity contribution in [2.75, 3.05) is 0 Å². The molecule has 0 aliphatic heterocycles. The minimum absolute atomic E-state index is 0.0290. The van der Waals surface area contributed by atoms with Gasteiger partial charge in [0.1, 0.15) is 11.5 Å². The minimum Gasteiger partial charge on any atom is -0.529 e. The van der Waals surface area contributed by atoms with E-state index in [0.717, 1.165) is 22.3 Å². The van der Waals surface area contributed by atoms with Gasteiger partial charge in [0.15, 0.2) is 0 Å². The second-order valence-corrected chi connectivity index (χ2v) is 12.5. The van der Waals surface area contributed by atoms with E-state index >= 15 is 0 Å². The fourth-order valence-electron chi connectivity index (χ4n) is 3.60. The van der Waals surface area contributed by atoms with Crippen molar-refractivity contribution >= 4 is 27.7 Å². The molecule has 11 heteroatoms. The van der Waals surface area contributed by atoms with Gasteiger partial charge in [0.2, 0.25) is 20.0 Å². The van der Waals surface area contributed by atoms with Crippen LogP contribution < -0.4 is 18.8 Å². The van der Waals surface area contributed by atoms with E-state index in [9.17, 15) is 16.8 Å². The van der Waals surface area contributed by atoms with E-state index in [-0.39, 0.29) is 30.6 Å². The third-order valence-corrected chi connectivity index (χ3v) is 8.68. The van der Waals surface area contributed by atoms with E-state index in [1.165, 1.54) is 0 Å². The fourth-order valence-corrected chi connectivity index (χ4v) is 5.74. The molecule has 0 saturated heterocycles. The summed E-state index contributed by atoms with van der Waals surface area (Å²) in [6, 6.07) is 27.5. The highest BCUT2D eigenvalue weighted by Gasteiger charge is 2.14. The molecule has 202 valence electrons. The molecule has 2 N–H and O–H groups in total. The molecule has 0 atom stereocenters. The summed E-state index contributed by atoms with van der Waals surface area (Å²) in [6.07, 6.45) is 0. The molecule has 4 aromatic rings. The van der Waals surface area contributed by atoms with Crippen LogP contribution in [0.2, 0.25) is 0 Å². The lowest BCUT2D eigenvalue weighted by Crippen LogP contribution is -2.23. The highest BCUT2D eigenvalue weighted by Crippen LogP contribution is 2.17. The van der Waals surface area contributed by atoms with Gasteiger partial charge in [0.25, 0.3) is 0 Å². The topological polar surface area (TPSA) is 111 Å². The van der Waals surface area contributed by atoms with Gasteiger partial charge in [-0.05, 0) is 79.1 Å². The Balaban J connectivity index is 1.21. The van der Waals surface area contributed by atoms with Crippen LogP contribution in [0.25, 0.3) is 0 Å². The van der Waals surface area contributed by atoms with E-state index < -0.39 is 20.0 Å². The van der Waals surface area contributed by atoms with Crippen LogP contribution in [0.4, 0.5) is 0 Å². The first-order valence-electron chi connectivity index (χ1n) is 12.2. The van der Waals surface area contributed by atoms with Gasteiger partial charge in [-0.1, -0.05) is 54.1 Å². The van der Waals surface area contributed by atoms with Crippen molar-refractivity contribution in [3.8, 4) is 11.5 Å². The molecule has 4 aromatic carbocycles. The van der Waals surface area contributed by atoms with Gasteiger partial charge >= 0.3 is 7.69 Å². The summed E-state index contributed by atoms with van der Waals surface area (Å²) in [5.41, 5.74) is 3.43. The van der Waals surface area contributed by atoms with Crippen LogP contribution in [0.1, 0.15) is 22.3 Å². The zero-order valence-corrected chi connectivity index (χ0v) is 23.3. The van der Waals surface area contributed by atoms with Crippen molar-refractivity contribution in [3.63, 3.8) is 0 Å². The van der Waals surface area contributed by atoms with Crippen LogP contribution in [0.15, 0.2) is 107 Å². The molecular weight excluding hydrogens is 535 g/mol. The number of nitrogens with one attached hydrogen (secondary N) is 2. The summed E-state index contributed by atoms with van der Waals surface area (Å²) < 4.78 is 66.3. The monoisotopic (exact) mass is 564 g/mol. The lowest BCUT2D eigenvalue weighted by molar-refractivity contribution is 0.459. The van der Waals surface area contributed by atoms with Crippen LogP contribution in [0, 0.1) is 13.8 Å². The summed E-state index contributed by atoms with van der Waals surface area (Å²) in [6.45, 7) is 4.05. The zero-order valence-electron chi connectivity index (χ0n) is 21.6. The third-order valence-electron chi connectivity index (χ3n) is 5.86. The summed E-state index contributed by atoms with van der Waals surface area (Å²) in [7, 11) is -7.22. The van der Waals surface area contributed by atoms with Crippen LogP contribution in [-0.2, 0) is 33.1 Å². The fraction of sp³-hybridized carbons (Fsp3) is 0.143. The molecule has 0 aromatic heterocycles. The molecule has 0 spiro atoms. The summed E-state index contributed by atoms with van der Waals surface area (Å²) in [5, 5.41) is 0. The highest BCUT2D eigenvalue weighted by molar-refractivity contribution is 7.89. The maximum absolute atomic E-state index is 12.5. The van der Waals surface area contributed by atoms with Crippen LogP contribution in [0.3, 0.4) is 0 Å². The van der Waals surface area contributed by atoms with E-state index in [4.69, 9.17) is 9.31 Å². The molecule has 39 heavy (non-hydrogen) atoms. The van der Waals surface area contributed by atoms with Gasteiger partial charge in [0, 0.05) is 13.1 Å². The smallest absolute Gasteiger partial charge is 0.529 e. The van der Waals surface area contributed by atoms with Crippen molar-refractivity contribution < 1.29 is 26.1 Å². The molecule has 0 unspecified atom stereocenters. The number of sulfonamides is 2. The maximum atomic E-state index is 12.5. The first kappa shape index (κ1) is 28.4. The number of rotatable bonds is 12. The quantitative estimate of drug-likeness (QED) is 0.252. The van der Waals surface area contributed by atoms with Gasteiger partial charge in [-0.15, -0.1) is 0 Å². The Morgan fingerprint density at radius 3 is 1.56 bits per heavy atom. The van der Waals surface area contributed by atoms with Crippen molar-refractivity contribution in [2.45, 2.75) is 36.7 Å². The standard InChI is InChI=1S/C28H29BN2O6S2/c1-21-6-16-27(17-7-21)38(32,33)30-19-23-8-12-25(13-9-23)36-29-37-26-14-10-24(11-15-26)20-31-39(34,35)28-5-3-4-22(2)18-28/h3-18,29-31H,19-20H2,1-2H3. The number of aryl methyl sites for hydroxylation is 2. The highest BCUT2D eigenvalue weighted by atomic mass is 32.2. The van der Waals surface area contributed by atoms with Gasteiger partial charge < -0.3 is 9.31 Å². The summed E-state index contributed by atoms with van der Waals surface area (Å²) >= 11 is 0. The second-order valence-electron chi connectivity index (χ2n) is 8.97. The van der Waals surface area contributed by atoms with Gasteiger partial charge in [-0.3, -0.25) is 0 Å². The van der Waals surface area contributed by atoms with Crippen LogP contribution in [0.5, 0.6) is 11.5 Å². The van der Waals surface area contributed by atoms with Crippen LogP contribution >= 0.6 is 0 Å². The predicted molar refractivity (Wildman–Crippen MR) is 152 cm³/mol. The minimum atomic E-state index is -3.60. The molecule has 0 aliphatic carbocycles. The van der Waals surface area contributed by atoms with Crippen molar-refractivity contribution in [2.24, 2.45) is 0 Å². The van der Waals surface area contributed by atoms with Crippen LogP contribution in [-0.4, -0.2) is 24.5 Å². The summed E-state index contributed by atoms with van der Waals surface area (Å²) in [4.78, 5) is 0.456. The molecular formula is C28H29BN2O6S2. The molecule has 0 fully saturated rings. The Labute approximate surface area is 230 Å². The molecule has 0 bridgehead atoms. The molecule has 0 amide bonds. The summed E-state index contributed by atoms with van der Waals surface area (Å²) in [5.74, 6) is 1.14. The predicted octanol–water partition coefficient (Wildman–Crippen LogP) is 3.98. The third kappa shape index (κ3) is 8.17. The lowest BCUT2D eigenvalue weighted by atomic mass is 10.2. The van der Waals surface area contributed by atoms with Crippen molar-refractivity contribution in [3.05, 3.63) is 119 Å². The largest absolute Gasteiger partial charge is 0.576 e. The Morgan fingerprint density at radius 1 is 0.590 bits per heavy atom. The molecule has 0 saturated carbocycles. The first-order chi connectivity index (χ1) is 18.6. The molecule has 0 heterocycles. The van der Waals surface area contributed by atoms with E-state index in [2.05, 4.69) is 9.44 Å². The van der Waals surface area contributed by atoms with Crippen molar-refractivity contribution in [1.82, 2.24) is 9.44 Å². The molecule has 8 nitrogen and oxygen atoms in total. The second kappa shape index (κ2) is 12.5. The Morgan fingerprint density at radius 2 is 1.08 bits per heavy atom. The normalized spacial score (nSPS) is 11.6. The van der Waals surface area contributed by atoms with E-state index in [1.54, 1.807) is 91.0 Å². The Hall–Kier alpha value is -3.64. The van der Waals surface area contributed by atoms with Crippen molar-refractivity contribution in [1.29, 1.82) is 0 Å². The molecule has 0 aliphatic rings. The molecule has 4 rings (SSSR count). The number of hydrogen-bond acceptors (Lipinski definition) is 6. The van der Waals surface area contributed by atoms with Gasteiger partial charge in [-0.25, -0.2) is 26.3 Å². The first-order valence-corrected chi connectivity index (χ1v) is 15.1. The average Bonchev–Trinajstić information content (AvgIpc) is 2.92. The van der Waals surface area contributed by atoms with E-state index in [0.29, 0.717) is 11.5 Å². The zero-order chi connectivity index (χ0) is 27.9. The number of benzene rings is 4. The maximum Gasteiger partial charge on any atom is 0.576 e. The lowest BCUT2D eigenvalue weighted by Gasteiger charge is -2.10. The van der Waals surface area contributed by atoms with Gasteiger partial charge in [0.05, 0.1) is 9.79 Å². The number of hydrogen-bond donors (Lipinski definition) is 2. The van der Waals surface area contributed by atoms with E-state index in [1.807, 2.05) is 19.9 Å². The Bertz CT molecular complexity index is 1610. The molecule has 0 radical (unpaired) electrons. The SMILES string of the molecule is Cc1ccc(S(=O)(=O)NCc2ccc(OBOc3ccc(CNS(=O)(=O)c4cccc(C)c4)cc3)cc2)cc1. The Kier molecular flexibility index (Phi) is 9.08. The average molecular weight is 564 g/mol. The van der Waals surface area contributed by atoms with Gasteiger partial charge in [-0.2, -0.15) is 0 Å².